The average Bonchev–Trinajstić information content (AvgIpc) is 3.36. The molecule has 0 N–H and O–H groups in total. The van der Waals surface area contributed by atoms with Crippen LogP contribution in [0, 0.1) is 6.92 Å². The molecule has 1 saturated heterocycles. The van der Waals surface area contributed by atoms with Crippen LogP contribution in [0.4, 0.5) is 5.82 Å². The number of aromatic nitrogens is 5. The Morgan fingerprint density at radius 1 is 1.07 bits per heavy atom. The van der Waals surface area contributed by atoms with Crippen molar-refractivity contribution >= 4 is 27.8 Å². The zero-order valence-electron chi connectivity index (χ0n) is 16.3. The van der Waals surface area contributed by atoms with Crippen molar-refractivity contribution in [2.75, 3.05) is 25.1 Å². The molecule has 1 fully saturated rings. The topological polar surface area (TPSA) is 69.0 Å². The van der Waals surface area contributed by atoms with Crippen molar-refractivity contribution in [2.24, 2.45) is 7.05 Å². The Morgan fingerprint density at radius 2 is 1.89 bits per heavy atom. The highest BCUT2D eigenvalue weighted by atomic mass is 16.5. The van der Waals surface area contributed by atoms with Gasteiger partial charge in [0.25, 0.3) is 0 Å². The second kappa shape index (κ2) is 6.44. The number of fused-ring (bicyclic) bond motifs is 2. The van der Waals surface area contributed by atoms with Gasteiger partial charge in [-0.1, -0.05) is 0 Å². The lowest BCUT2D eigenvalue weighted by Crippen LogP contribution is -2.18. The predicted molar refractivity (Wildman–Crippen MR) is 110 cm³/mol. The Morgan fingerprint density at radius 3 is 2.68 bits per heavy atom. The summed E-state index contributed by atoms with van der Waals surface area (Å²) in [5.74, 6) is 2.40. The van der Waals surface area contributed by atoms with E-state index in [0.717, 1.165) is 57.7 Å². The summed E-state index contributed by atoms with van der Waals surface area (Å²) < 4.78 is 7.51. The Labute approximate surface area is 163 Å². The summed E-state index contributed by atoms with van der Waals surface area (Å²) in [7, 11) is 3.59. The third kappa shape index (κ3) is 2.66. The minimum atomic E-state index is 0.633. The van der Waals surface area contributed by atoms with E-state index in [4.69, 9.17) is 14.7 Å². The third-order valence-corrected chi connectivity index (χ3v) is 5.40. The summed E-state index contributed by atoms with van der Waals surface area (Å²) in [6.45, 7) is 4.15. The molecule has 0 radical (unpaired) electrons. The highest BCUT2D eigenvalue weighted by molar-refractivity contribution is 5.91. The molecule has 1 aliphatic heterocycles. The summed E-state index contributed by atoms with van der Waals surface area (Å²) in [6.07, 6.45) is 6.26. The molecular formula is C21H22N6O. The van der Waals surface area contributed by atoms with Gasteiger partial charge < -0.3 is 9.64 Å². The fourth-order valence-electron chi connectivity index (χ4n) is 4.03. The minimum absolute atomic E-state index is 0.633. The maximum absolute atomic E-state index is 5.70. The molecular weight excluding hydrogens is 352 g/mol. The van der Waals surface area contributed by atoms with Crippen LogP contribution in [0.5, 0.6) is 5.75 Å². The lowest BCUT2D eigenvalue weighted by Gasteiger charge is -2.16. The van der Waals surface area contributed by atoms with Gasteiger partial charge in [0.2, 0.25) is 0 Å². The zero-order valence-corrected chi connectivity index (χ0v) is 16.3. The van der Waals surface area contributed by atoms with E-state index in [-0.39, 0.29) is 0 Å². The molecule has 7 heteroatoms. The summed E-state index contributed by atoms with van der Waals surface area (Å²) in [4.78, 5) is 16.5. The molecule has 7 nitrogen and oxygen atoms in total. The van der Waals surface area contributed by atoms with Crippen LogP contribution in [-0.4, -0.2) is 44.9 Å². The van der Waals surface area contributed by atoms with E-state index in [2.05, 4.69) is 21.0 Å². The fraction of sp³-hybridized carbons (Fsp3) is 0.333. The maximum Gasteiger partial charge on any atom is 0.163 e. The number of anilines is 1. The quantitative estimate of drug-likeness (QED) is 0.547. The van der Waals surface area contributed by atoms with Gasteiger partial charge >= 0.3 is 0 Å². The molecule has 0 bridgehead atoms. The molecule has 0 spiro atoms. The number of hydrogen-bond acceptors (Lipinski definition) is 6. The number of benzene rings is 1. The van der Waals surface area contributed by atoms with Crippen molar-refractivity contribution < 1.29 is 4.74 Å². The van der Waals surface area contributed by atoms with Gasteiger partial charge in [-0.05, 0) is 38.0 Å². The Kier molecular flexibility index (Phi) is 3.89. The van der Waals surface area contributed by atoms with Gasteiger partial charge in [0.1, 0.15) is 17.1 Å². The van der Waals surface area contributed by atoms with Gasteiger partial charge in [-0.3, -0.25) is 4.68 Å². The van der Waals surface area contributed by atoms with Gasteiger partial charge in [0.05, 0.1) is 29.9 Å². The minimum Gasteiger partial charge on any atom is -0.496 e. The maximum atomic E-state index is 5.70. The van der Waals surface area contributed by atoms with E-state index in [9.17, 15) is 0 Å². The summed E-state index contributed by atoms with van der Waals surface area (Å²) in [5, 5.41) is 5.58. The molecule has 0 saturated carbocycles. The Bertz CT molecular complexity index is 1190. The van der Waals surface area contributed by atoms with Crippen LogP contribution >= 0.6 is 0 Å². The predicted octanol–water partition coefficient (Wildman–Crippen LogP) is 3.50. The van der Waals surface area contributed by atoms with E-state index >= 15 is 0 Å². The average molecular weight is 374 g/mol. The molecule has 1 aromatic carbocycles. The normalized spacial score (nSPS) is 14.3. The van der Waals surface area contributed by atoms with Crippen LogP contribution in [0.15, 0.2) is 30.6 Å². The molecule has 5 rings (SSSR count). The second-order valence-corrected chi connectivity index (χ2v) is 7.28. The van der Waals surface area contributed by atoms with E-state index in [1.165, 1.54) is 12.8 Å². The molecule has 1 aliphatic rings. The van der Waals surface area contributed by atoms with E-state index in [1.54, 1.807) is 13.3 Å². The molecule has 0 atom stereocenters. The summed E-state index contributed by atoms with van der Waals surface area (Å²) in [5.41, 5.74) is 4.43. The van der Waals surface area contributed by atoms with Crippen LogP contribution < -0.4 is 9.64 Å². The monoisotopic (exact) mass is 374 g/mol. The van der Waals surface area contributed by atoms with Crippen LogP contribution in [0.2, 0.25) is 0 Å². The fourth-order valence-corrected chi connectivity index (χ4v) is 4.03. The van der Waals surface area contributed by atoms with Crippen molar-refractivity contribution in [3.63, 3.8) is 0 Å². The smallest absolute Gasteiger partial charge is 0.163 e. The Balaban J connectivity index is 1.63. The third-order valence-electron chi connectivity index (χ3n) is 5.40. The van der Waals surface area contributed by atoms with Crippen LogP contribution in [0.25, 0.3) is 33.3 Å². The van der Waals surface area contributed by atoms with E-state index in [0.29, 0.717) is 5.82 Å². The molecule has 0 aliphatic carbocycles. The number of rotatable bonds is 3. The van der Waals surface area contributed by atoms with Crippen molar-refractivity contribution in [1.29, 1.82) is 0 Å². The summed E-state index contributed by atoms with van der Waals surface area (Å²) in [6, 6.07) is 6.13. The number of methoxy groups -OCH3 is 1. The lowest BCUT2D eigenvalue weighted by molar-refractivity contribution is 0.413. The zero-order chi connectivity index (χ0) is 19.3. The molecule has 4 heterocycles. The molecule has 4 aromatic rings. The summed E-state index contributed by atoms with van der Waals surface area (Å²) >= 11 is 0. The number of aryl methyl sites for hydroxylation is 2. The van der Waals surface area contributed by atoms with E-state index in [1.807, 2.05) is 37.0 Å². The van der Waals surface area contributed by atoms with Crippen molar-refractivity contribution in [3.8, 4) is 17.1 Å². The standard InChI is InChI=1S/C21H22N6O/c1-13-19-14(12-26(2)25-19)10-15(20(13)28-3)21-22-11-17-16(24-21)6-7-18(23-17)27-8-4-5-9-27/h6-7,10-12H,4-5,8-9H2,1-3H3. The Hall–Kier alpha value is -3.22. The van der Waals surface area contributed by atoms with Crippen LogP contribution in [0.1, 0.15) is 18.4 Å². The first-order valence-corrected chi connectivity index (χ1v) is 9.54. The van der Waals surface area contributed by atoms with Crippen molar-refractivity contribution in [1.82, 2.24) is 24.7 Å². The van der Waals surface area contributed by atoms with Crippen LogP contribution in [-0.2, 0) is 7.05 Å². The highest BCUT2D eigenvalue weighted by Crippen LogP contribution is 2.36. The van der Waals surface area contributed by atoms with Gasteiger partial charge in [-0.2, -0.15) is 5.10 Å². The number of hydrogen-bond donors (Lipinski definition) is 0. The first-order chi connectivity index (χ1) is 13.6. The first-order valence-electron chi connectivity index (χ1n) is 9.54. The van der Waals surface area contributed by atoms with Gasteiger partial charge in [-0.25, -0.2) is 15.0 Å². The number of ether oxygens (including phenoxy) is 1. The molecule has 0 amide bonds. The number of nitrogens with zero attached hydrogens (tertiary/aromatic N) is 6. The highest BCUT2D eigenvalue weighted by Gasteiger charge is 2.18. The molecule has 0 unspecified atom stereocenters. The second-order valence-electron chi connectivity index (χ2n) is 7.28. The van der Waals surface area contributed by atoms with Gasteiger partial charge in [0, 0.05) is 37.3 Å². The molecule has 3 aromatic heterocycles. The van der Waals surface area contributed by atoms with Gasteiger partial charge in [0.15, 0.2) is 5.82 Å². The molecule has 28 heavy (non-hydrogen) atoms. The SMILES string of the molecule is COc1c(-c2ncc3nc(N4CCCC4)ccc3n2)cc2cn(C)nc2c1C. The van der Waals surface area contributed by atoms with Gasteiger partial charge in [-0.15, -0.1) is 0 Å². The molecule has 142 valence electrons. The van der Waals surface area contributed by atoms with E-state index < -0.39 is 0 Å². The van der Waals surface area contributed by atoms with Crippen molar-refractivity contribution in [2.45, 2.75) is 19.8 Å². The van der Waals surface area contributed by atoms with Crippen molar-refractivity contribution in [3.05, 3.63) is 36.2 Å². The number of pyridine rings is 1. The van der Waals surface area contributed by atoms with Crippen LogP contribution in [0.3, 0.4) is 0 Å². The lowest BCUT2D eigenvalue weighted by atomic mass is 10.0. The first kappa shape index (κ1) is 16.9. The largest absolute Gasteiger partial charge is 0.496 e.